The van der Waals surface area contributed by atoms with E-state index in [2.05, 4.69) is 10.6 Å². The number of carbonyl (C=O) groups is 2. The number of amides is 2. The van der Waals surface area contributed by atoms with Gasteiger partial charge in [-0.2, -0.15) is 0 Å². The van der Waals surface area contributed by atoms with Crippen molar-refractivity contribution >= 4 is 23.6 Å². The fourth-order valence-corrected chi connectivity index (χ4v) is 1.52. The SMILES string of the molecule is COc1cccc(Cl)c1CNC(=O)NCC(=O)O. The highest BCUT2D eigenvalue weighted by Gasteiger charge is 2.09. The zero-order valence-corrected chi connectivity index (χ0v) is 10.5. The van der Waals surface area contributed by atoms with Crippen molar-refractivity contribution in [3.05, 3.63) is 28.8 Å². The second-order valence-electron chi connectivity index (χ2n) is 3.35. The van der Waals surface area contributed by atoms with Gasteiger partial charge in [-0.25, -0.2) is 4.79 Å². The largest absolute Gasteiger partial charge is 0.496 e. The molecular weight excluding hydrogens is 260 g/mol. The third-order valence-corrected chi connectivity index (χ3v) is 2.48. The molecule has 7 heteroatoms. The van der Waals surface area contributed by atoms with Crippen LogP contribution in [0.4, 0.5) is 4.79 Å². The number of nitrogens with one attached hydrogen (secondary N) is 2. The van der Waals surface area contributed by atoms with E-state index in [0.29, 0.717) is 16.3 Å². The van der Waals surface area contributed by atoms with E-state index in [1.165, 1.54) is 7.11 Å². The molecule has 0 aliphatic carbocycles. The average Bonchev–Trinajstić information content (AvgIpc) is 2.34. The maximum absolute atomic E-state index is 11.3. The Kier molecular flexibility index (Phi) is 5.26. The van der Waals surface area contributed by atoms with E-state index < -0.39 is 18.5 Å². The zero-order chi connectivity index (χ0) is 13.5. The summed E-state index contributed by atoms with van der Waals surface area (Å²) in [5.74, 6) is -0.554. The fourth-order valence-electron chi connectivity index (χ4n) is 1.29. The average molecular weight is 273 g/mol. The summed E-state index contributed by atoms with van der Waals surface area (Å²) in [7, 11) is 1.50. The lowest BCUT2D eigenvalue weighted by Gasteiger charge is -2.11. The maximum Gasteiger partial charge on any atom is 0.323 e. The van der Waals surface area contributed by atoms with Gasteiger partial charge in [-0.3, -0.25) is 4.79 Å². The van der Waals surface area contributed by atoms with Crippen molar-refractivity contribution < 1.29 is 19.4 Å². The monoisotopic (exact) mass is 272 g/mol. The quantitative estimate of drug-likeness (QED) is 0.752. The van der Waals surface area contributed by atoms with Crippen molar-refractivity contribution in [1.82, 2.24) is 10.6 Å². The van der Waals surface area contributed by atoms with E-state index in [-0.39, 0.29) is 6.54 Å². The van der Waals surface area contributed by atoms with Gasteiger partial charge in [-0.15, -0.1) is 0 Å². The molecule has 1 aromatic carbocycles. The molecule has 0 aliphatic rings. The number of hydrogen-bond acceptors (Lipinski definition) is 3. The van der Waals surface area contributed by atoms with Crippen molar-refractivity contribution in [2.45, 2.75) is 6.54 Å². The number of carbonyl (C=O) groups excluding carboxylic acids is 1. The Bertz CT molecular complexity index is 451. The van der Waals surface area contributed by atoms with Gasteiger partial charge in [0.25, 0.3) is 0 Å². The highest BCUT2D eigenvalue weighted by Crippen LogP contribution is 2.25. The smallest absolute Gasteiger partial charge is 0.323 e. The van der Waals surface area contributed by atoms with Crippen LogP contribution < -0.4 is 15.4 Å². The number of hydrogen-bond donors (Lipinski definition) is 3. The Morgan fingerprint density at radius 3 is 2.72 bits per heavy atom. The van der Waals surface area contributed by atoms with Gasteiger partial charge in [-0.05, 0) is 12.1 Å². The second-order valence-corrected chi connectivity index (χ2v) is 3.76. The molecule has 1 rings (SSSR count). The van der Waals surface area contributed by atoms with E-state index in [1.807, 2.05) is 0 Å². The lowest BCUT2D eigenvalue weighted by atomic mass is 10.2. The van der Waals surface area contributed by atoms with Crippen molar-refractivity contribution in [2.24, 2.45) is 0 Å². The molecule has 1 aromatic rings. The summed E-state index contributed by atoms with van der Waals surface area (Å²) < 4.78 is 5.11. The van der Waals surface area contributed by atoms with Gasteiger partial charge in [0, 0.05) is 17.1 Å². The molecular formula is C11H13ClN2O4. The van der Waals surface area contributed by atoms with Crippen molar-refractivity contribution in [3.63, 3.8) is 0 Å². The third kappa shape index (κ3) is 4.14. The summed E-state index contributed by atoms with van der Waals surface area (Å²) in [4.78, 5) is 21.5. The second kappa shape index (κ2) is 6.70. The van der Waals surface area contributed by atoms with Crippen LogP contribution in [-0.4, -0.2) is 30.8 Å². The highest BCUT2D eigenvalue weighted by atomic mass is 35.5. The molecule has 0 bridgehead atoms. The summed E-state index contributed by atoms with van der Waals surface area (Å²) in [6.07, 6.45) is 0. The number of rotatable bonds is 5. The van der Waals surface area contributed by atoms with Gasteiger partial charge < -0.3 is 20.5 Å². The van der Waals surface area contributed by atoms with Crippen LogP contribution in [0.25, 0.3) is 0 Å². The summed E-state index contributed by atoms with van der Waals surface area (Å²) in [6, 6.07) is 4.54. The van der Waals surface area contributed by atoms with E-state index in [9.17, 15) is 9.59 Å². The normalized spacial score (nSPS) is 9.67. The number of carboxylic acids is 1. The van der Waals surface area contributed by atoms with E-state index >= 15 is 0 Å². The summed E-state index contributed by atoms with van der Waals surface area (Å²) in [5.41, 5.74) is 0.632. The first-order valence-corrected chi connectivity index (χ1v) is 5.47. The van der Waals surface area contributed by atoms with Crippen LogP contribution in [0.2, 0.25) is 5.02 Å². The zero-order valence-electron chi connectivity index (χ0n) is 9.70. The van der Waals surface area contributed by atoms with Crippen LogP contribution in [-0.2, 0) is 11.3 Å². The van der Waals surface area contributed by atoms with E-state index in [1.54, 1.807) is 18.2 Å². The minimum Gasteiger partial charge on any atom is -0.496 e. The van der Waals surface area contributed by atoms with Gasteiger partial charge in [-0.1, -0.05) is 17.7 Å². The summed E-state index contributed by atoms with van der Waals surface area (Å²) >= 11 is 5.97. The van der Waals surface area contributed by atoms with Gasteiger partial charge in [0.1, 0.15) is 12.3 Å². The number of halogens is 1. The number of aliphatic carboxylic acids is 1. The minimum atomic E-state index is -1.11. The van der Waals surface area contributed by atoms with E-state index in [4.69, 9.17) is 21.4 Å². The van der Waals surface area contributed by atoms with Crippen LogP contribution in [0.3, 0.4) is 0 Å². The first-order valence-electron chi connectivity index (χ1n) is 5.09. The Hall–Kier alpha value is -1.95. The predicted molar refractivity (Wildman–Crippen MR) is 65.9 cm³/mol. The lowest BCUT2D eigenvalue weighted by molar-refractivity contribution is -0.135. The molecule has 6 nitrogen and oxygen atoms in total. The van der Waals surface area contributed by atoms with Crippen LogP contribution in [0, 0.1) is 0 Å². The molecule has 0 unspecified atom stereocenters. The maximum atomic E-state index is 11.3. The first kappa shape index (κ1) is 14.1. The summed E-state index contributed by atoms with van der Waals surface area (Å²) in [5, 5.41) is 13.5. The van der Waals surface area contributed by atoms with Gasteiger partial charge in [0.2, 0.25) is 0 Å². The van der Waals surface area contributed by atoms with Crippen molar-refractivity contribution in [3.8, 4) is 5.75 Å². The van der Waals surface area contributed by atoms with Gasteiger partial charge in [0.15, 0.2) is 0 Å². The molecule has 0 saturated heterocycles. The fraction of sp³-hybridized carbons (Fsp3) is 0.273. The Morgan fingerprint density at radius 2 is 2.11 bits per heavy atom. The van der Waals surface area contributed by atoms with Gasteiger partial charge in [0.05, 0.1) is 7.11 Å². The Morgan fingerprint density at radius 1 is 1.39 bits per heavy atom. The molecule has 0 radical (unpaired) electrons. The molecule has 0 atom stereocenters. The van der Waals surface area contributed by atoms with Crippen molar-refractivity contribution in [1.29, 1.82) is 0 Å². The van der Waals surface area contributed by atoms with Crippen LogP contribution in [0.5, 0.6) is 5.75 Å². The van der Waals surface area contributed by atoms with Crippen molar-refractivity contribution in [2.75, 3.05) is 13.7 Å². The van der Waals surface area contributed by atoms with Crippen LogP contribution in [0.15, 0.2) is 18.2 Å². The van der Waals surface area contributed by atoms with Crippen LogP contribution in [0.1, 0.15) is 5.56 Å². The molecule has 0 aromatic heterocycles. The molecule has 0 saturated carbocycles. The van der Waals surface area contributed by atoms with E-state index in [0.717, 1.165) is 0 Å². The molecule has 98 valence electrons. The number of methoxy groups -OCH3 is 1. The Balaban J connectivity index is 2.58. The molecule has 0 spiro atoms. The minimum absolute atomic E-state index is 0.147. The molecule has 0 heterocycles. The van der Waals surface area contributed by atoms with Gasteiger partial charge >= 0.3 is 12.0 Å². The first-order chi connectivity index (χ1) is 8.54. The number of benzene rings is 1. The topological polar surface area (TPSA) is 87.7 Å². The standard InChI is InChI=1S/C11H13ClN2O4/c1-18-9-4-2-3-8(12)7(9)5-13-11(17)14-6-10(15)16/h2-4H,5-6H2,1H3,(H,15,16)(H2,13,14,17). The highest BCUT2D eigenvalue weighted by molar-refractivity contribution is 6.31. The predicted octanol–water partition coefficient (Wildman–Crippen LogP) is 1.23. The number of urea groups is 1. The lowest BCUT2D eigenvalue weighted by Crippen LogP contribution is -2.38. The molecule has 2 amide bonds. The van der Waals surface area contributed by atoms with Crippen LogP contribution >= 0.6 is 11.6 Å². The Labute approximate surface area is 109 Å². The summed E-state index contributed by atoms with van der Waals surface area (Å²) in [6.45, 7) is -0.292. The molecule has 3 N–H and O–H groups in total. The molecule has 18 heavy (non-hydrogen) atoms. The number of ether oxygens (including phenoxy) is 1. The third-order valence-electron chi connectivity index (χ3n) is 2.12. The number of carboxylic acid groups (broad SMARTS) is 1. The molecule has 0 fully saturated rings. The molecule has 0 aliphatic heterocycles.